The number of carboxylic acids is 1. The Hall–Kier alpha value is -1.16. The molecule has 20 nitrogen and oxygen atoms in total. The van der Waals surface area contributed by atoms with Gasteiger partial charge >= 0.3 is 0 Å². The van der Waals surface area contributed by atoms with Crippen molar-refractivity contribution in [1.29, 1.82) is 0 Å². The molecule has 4 unspecified atom stereocenters. The molecule has 218 valence electrons. The third-order valence-corrected chi connectivity index (χ3v) is 6.61. The van der Waals surface area contributed by atoms with E-state index in [1.807, 2.05) is 0 Å². The smallest absolute Gasteiger partial charge is 0.218 e. The first kappa shape index (κ1) is 32.1. The zero-order valence-electron chi connectivity index (χ0n) is 18.5. The predicted octanol–water partition coefficient (Wildman–Crippen LogP) is -6.89. The fourth-order valence-electron chi connectivity index (χ4n) is 3.71. The molecule has 23 heteroatoms. The van der Waals surface area contributed by atoms with Crippen LogP contribution < -0.4 is 9.83 Å². The summed E-state index contributed by atoms with van der Waals surface area (Å²) >= 11 is 0. The molecule has 0 saturated carbocycles. The standard InChI is InChI=1S/C14H25NO19S3/c1-4-6(15-35(20,21)22)7(16)9(5(31-4)3-30-36(23,24)25)32-14-11(34-37(26,27)28)8(17)10(29-2)12(33-14)13(18)19/h4-12,14-17H,3H2,1-2H3,(H,18,19)(H,20,21,22)(H,23,24,25)(H,26,27,28)/p-4/t4-,5?,6?,7+,8-,9+,10-,11?,12?,14+/m0/s1. The van der Waals surface area contributed by atoms with Gasteiger partial charge < -0.3 is 52.7 Å². The zero-order chi connectivity index (χ0) is 28.5. The Bertz CT molecular complexity index is 1120. The van der Waals surface area contributed by atoms with E-state index in [0.717, 1.165) is 14.0 Å². The van der Waals surface area contributed by atoms with Gasteiger partial charge in [-0.15, -0.1) is 0 Å². The molecule has 0 radical (unpaired) electrons. The molecule has 0 aliphatic carbocycles. The minimum absolute atomic E-state index is 0.869. The molecule has 0 spiro atoms. The van der Waals surface area contributed by atoms with Gasteiger partial charge in [0.25, 0.3) is 0 Å². The van der Waals surface area contributed by atoms with Gasteiger partial charge in [-0.2, -0.15) is 0 Å². The van der Waals surface area contributed by atoms with Crippen molar-refractivity contribution in [2.45, 2.75) is 68.1 Å². The van der Waals surface area contributed by atoms with E-state index < -0.39 is 105 Å². The molecule has 0 aromatic rings. The Morgan fingerprint density at radius 1 is 0.946 bits per heavy atom. The number of hydrogen-bond acceptors (Lipinski definition) is 19. The van der Waals surface area contributed by atoms with Crippen LogP contribution in [0.5, 0.6) is 0 Å². The monoisotopic (exact) mass is 603 g/mol. The molecule has 37 heavy (non-hydrogen) atoms. The SMILES string of the molecule is CO[C@@H]1C(C(=O)[O-])O[C@@H](O[C@@H]2C(COS(=O)(=O)[O-])O[C@@H](C)C(NS(=O)(=O)[O-])[C@H]2O)C(OS(=O)(=O)[O-])[C@H]1O. The molecule has 2 aliphatic heterocycles. The van der Waals surface area contributed by atoms with Crippen LogP contribution in [0.4, 0.5) is 0 Å². The highest BCUT2D eigenvalue weighted by molar-refractivity contribution is 7.83. The highest BCUT2D eigenvalue weighted by Crippen LogP contribution is 2.32. The van der Waals surface area contributed by atoms with Crippen molar-refractivity contribution in [2.75, 3.05) is 13.7 Å². The fraction of sp³-hybridized carbons (Fsp3) is 0.929. The molecule has 0 amide bonds. The van der Waals surface area contributed by atoms with Crippen molar-refractivity contribution >= 4 is 37.1 Å². The number of ether oxygens (including phenoxy) is 4. The van der Waals surface area contributed by atoms with Crippen molar-refractivity contribution in [2.24, 2.45) is 0 Å². The zero-order valence-corrected chi connectivity index (χ0v) is 21.0. The normalized spacial score (nSPS) is 37.8. The Balaban J connectivity index is 2.49. The lowest BCUT2D eigenvalue weighted by Crippen LogP contribution is -2.68. The molecule has 0 aromatic heterocycles. The number of methoxy groups -OCH3 is 1. The molecule has 2 saturated heterocycles. The van der Waals surface area contributed by atoms with Gasteiger partial charge in [0.2, 0.25) is 20.8 Å². The average molecular weight is 604 g/mol. The van der Waals surface area contributed by atoms with Crippen molar-refractivity contribution in [3.8, 4) is 0 Å². The molecule has 2 aliphatic rings. The lowest BCUT2D eigenvalue weighted by atomic mass is 9.93. The second-order valence-electron chi connectivity index (χ2n) is 7.67. The number of aliphatic hydroxyl groups excluding tert-OH is 2. The van der Waals surface area contributed by atoms with Gasteiger partial charge in [0.05, 0.1) is 24.7 Å². The van der Waals surface area contributed by atoms with Gasteiger partial charge in [-0.3, -0.25) is 8.37 Å². The topological polar surface area (TPSA) is 320 Å². The van der Waals surface area contributed by atoms with E-state index in [0.29, 0.717) is 0 Å². The Morgan fingerprint density at radius 3 is 2.00 bits per heavy atom. The fourth-order valence-corrected chi connectivity index (χ4v) is 5.15. The maximum absolute atomic E-state index is 11.5. The first-order valence-electron chi connectivity index (χ1n) is 9.77. The van der Waals surface area contributed by atoms with E-state index in [1.54, 1.807) is 0 Å². The number of nitrogens with one attached hydrogen (secondary N) is 1. The van der Waals surface area contributed by atoms with E-state index in [-0.39, 0.29) is 0 Å². The van der Waals surface area contributed by atoms with Crippen molar-refractivity contribution < 1.29 is 86.3 Å². The van der Waals surface area contributed by atoms with Crippen LogP contribution >= 0.6 is 0 Å². The quantitative estimate of drug-likeness (QED) is 0.146. The summed E-state index contributed by atoms with van der Waals surface area (Å²) in [5.41, 5.74) is 0. The summed E-state index contributed by atoms with van der Waals surface area (Å²) in [5.74, 6) is -2.04. The van der Waals surface area contributed by atoms with Gasteiger partial charge in [-0.25, -0.2) is 30.0 Å². The molecular formula is C14H21NO19S3-4. The number of carboxylic acid groups (broad SMARTS) is 1. The van der Waals surface area contributed by atoms with E-state index in [4.69, 9.17) is 18.9 Å². The summed E-state index contributed by atoms with van der Waals surface area (Å²) in [6, 6.07) is -1.83. The number of carbonyl (C=O) groups is 1. The molecule has 2 fully saturated rings. The van der Waals surface area contributed by atoms with Crippen LogP contribution in [0.1, 0.15) is 6.92 Å². The molecule has 10 atom stereocenters. The van der Waals surface area contributed by atoms with Crippen molar-refractivity contribution in [3.05, 3.63) is 0 Å². The van der Waals surface area contributed by atoms with Gasteiger partial charge in [-0.05, 0) is 6.92 Å². The van der Waals surface area contributed by atoms with E-state index in [2.05, 4.69) is 8.37 Å². The van der Waals surface area contributed by atoms with Crippen LogP contribution in [0.3, 0.4) is 0 Å². The lowest BCUT2D eigenvalue weighted by Gasteiger charge is -2.48. The summed E-state index contributed by atoms with van der Waals surface area (Å²) in [4.78, 5) is 11.5. The minimum atomic E-state index is -5.66. The Morgan fingerprint density at radius 2 is 1.54 bits per heavy atom. The van der Waals surface area contributed by atoms with Crippen molar-refractivity contribution in [3.63, 3.8) is 0 Å². The summed E-state index contributed by atoms with van der Waals surface area (Å²) in [6.45, 7) is -0.104. The predicted molar refractivity (Wildman–Crippen MR) is 103 cm³/mol. The van der Waals surface area contributed by atoms with E-state index in [9.17, 15) is 59.0 Å². The number of aliphatic hydroxyl groups is 2. The molecule has 3 N–H and O–H groups in total. The Labute approximate surface area is 210 Å². The van der Waals surface area contributed by atoms with Crippen LogP contribution in [-0.2, 0) is 63.2 Å². The van der Waals surface area contributed by atoms with Crippen LogP contribution in [-0.4, -0.2) is 130 Å². The third kappa shape index (κ3) is 8.94. The first-order valence-corrected chi connectivity index (χ1v) is 13.8. The Kier molecular flexibility index (Phi) is 10.3. The van der Waals surface area contributed by atoms with E-state index >= 15 is 0 Å². The van der Waals surface area contributed by atoms with Gasteiger partial charge in [0.1, 0.15) is 36.6 Å². The second-order valence-corrected chi connectivity index (χ2v) is 10.9. The summed E-state index contributed by atoms with van der Waals surface area (Å²) in [6.07, 6.45) is -18.8. The third-order valence-electron chi connectivity index (χ3n) is 5.17. The number of rotatable bonds is 11. The maximum Gasteiger partial charge on any atom is 0.218 e. The first-order chi connectivity index (χ1) is 16.7. The van der Waals surface area contributed by atoms with Gasteiger partial charge in [0.15, 0.2) is 22.7 Å². The van der Waals surface area contributed by atoms with Crippen molar-refractivity contribution in [1.82, 2.24) is 4.72 Å². The van der Waals surface area contributed by atoms with Crippen LogP contribution in [0.25, 0.3) is 0 Å². The molecule has 0 aromatic carbocycles. The average Bonchev–Trinajstić information content (AvgIpc) is 2.71. The van der Waals surface area contributed by atoms with Crippen LogP contribution in [0, 0.1) is 0 Å². The van der Waals surface area contributed by atoms with Crippen LogP contribution in [0.2, 0.25) is 0 Å². The number of hydrogen-bond donors (Lipinski definition) is 3. The number of aliphatic carboxylic acids is 1. The molecule has 2 rings (SSSR count). The largest absolute Gasteiger partial charge is 0.735 e. The summed E-state index contributed by atoms with van der Waals surface area (Å²) in [7, 11) is -15.4. The minimum Gasteiger partial charge on any atom is -0.735 e. The van der Waals surface area contributed by atoms with Gasteiger partial charge in [0, 0.05) is 7.11 Å². The highest BCUT2D eigenvalue weighted by atomic mass is 32.3. The van der Waals surface area contributed by atoms with E-state index in [1.165, 1.54) is 4.72 Å². The molecule has 0 bridgehead atoms. The van der Waals surface area contributed by atoms with Crippen LogP contribution in [0.15, 0.2) is 0 Å². The summed E-state index contributed by atoms with van der Waals surface area (Å²) < 4.78 is 130. The number of carbonyl (C=O) groups excluding carboxylic acids is 1. The molecule has 2 heterocycles. The molecular weight excluding hydrogens is 582 g/mol. The highest BCUT2D eigenvalue weighted by Gasteiger charge is 2.52. The second kappa shape index (κ2) is 11.9. The lowest BCUT2D eigenvalue weighted by molar-refractivity contribution is -0.360. The summed E-state index contributed by atoms with van der Waals surface area (Å²) in [5, 5.41) is 32.6. The maximum atomic E-state index is 11.5. The van der Waals surface area contributed by atoms with Gasteiger partial charge in [-0.1, -0.05) is 0 Å².